The smallest absolute Gasteiger partial charge is 0.231 e. The molecular formula is C11H17N5. The summed E-state index contributed by atoms with van der Waals surface area (Å²) in [6.07, 6.45) is 1.65. The molecule has 0 aromatic heterocycles. The summed E-state index contributed by atoms with van der Waals surface area (Å²) in [5, 5.41) is 7.10. The zero-order chi connectivity index (χ0) is 12.0. The van der Waals surface area contributed by atoms with Crippen molar-refractivity contribution >= 4 is 12.2 Å². The summed E-state index contributed by atoms with van der Waals surface area (Å²) in [4.78, 5) is 0. The van der Waals surface area contributed by atoms with Crippen molar-refractivity contribution in [3.63, 3.8) is 0 Å². The Morgan fingerprint density at radius 1 is 1.31 bits per heavy atom. The van der Waals surface area contributed by atoms with E-state index in [1.165, 1.54) is 5.56 Å². The van der Waals surface area contributed by atoms with Crippen molar-refractivity contribution in [1.29, 1.82) is 0 Å². The number of nitrogens with zero attached hydrogens (tertiary/aromatic N) is 2. The van der Waals surface area contributed by atoms with Crippen molar-refractivity contribution in [3.8, 4) is 0 Å². The minimum atomic E-state index is 0.0788. The Balaban J connectivity index is 2.62. The molecule has 1 rings (SSSR count). The zero-order valence-corrected chi connectivity index (χ0v) is 9.51. The third-order valence-electron chi connectivity index (χ3n) is 2.13. The number of nitrogens with one attached hydrogen (secondary N) is 1. The number of rotatable bonds is 3. The van der Waals surface area contributed by atoms with Gasteiger partial charge in [-0.05, 0) is 17.0 Å². The quantitative estimate of drug-likeness (QED) is 0.306. The van der Waals surface area contributed by atoms with Crippen LogP contribution in [0.1, 0.15) is 30.9 Å². The normalized spacial score (nSPS) is 12.3. The van der Waals surface area contributed by atoms with Gasteiger partial charge in [0.2, 0.25) is 5.96 Å². The first kappa shape index (κ1) is 12.0. The second kappa shape index (κ2) is 5.75. The molecule has 0 bridgehead atoms. The molecule has 0 saturated heterocycles. The van der Waals surface area contributed by atoms with Gasteiger partial charge in [-0.3, -0.25) is 0 Å². The van der Waals surface area contributed by atoms with Gasteiger partial charge in [-0.25, -0.2) is 5.43 Å². The molecule has 0 aliphatic carbocycles. The van der Waals surface area contributed by atoms with Gasteiger partial charge in [-0.2, -0.15) is 5.10 Å². The van der Waals surface area contributed by atoms with Crippen LogP contribution in [-0.2, 0) is 0 Å². The molecule has 1 aromatic carbocycles. The highest BCUT2D eigenvalue weighted by Crippen LogP contribution is 2.13. The second-order valence-electron chi connectivity index (χ2n) is 3.71. The van der Waals surface area contributed by atoms with E-state index in [4.69, 9.17) is 11.6 Å². The SMILES string of the molecule is CC(C)c1ccc(/C=N/NC(N)=NN)cc1. The lowest BCUT2D eigenvalue weighted by Crippen LogP contribution is -2.28. The van der Waals surface area contributed by atoms with Crippen LogP contribution in [-0.4, -0.2) is 12.2 Å². The van der Waals surface area contributed by atoms with E-state index in [1.54, 1.807) is 6.21 Å². The number of hydrogen-bond acceptors (Lipinski definition) is 3. The fraction of sp³-hybridized carbons (Fsp3) is 0.273. The van der Waals surface area contributed by atoms with Gasteiger partial charge in [0.1, 0.15) is 0 Å². The van der Waals surface area contributed by atoms with E-state index < -0.39 is 0 Å². The molecule has 16 heavy (non-hydrogen) atoms. The number of nitrogens with two attached hydrogens (primary N) is 2. The topological polar surface area (TPSA) is 88.8 Å². The lowest BCUT2D eigenvalue weighted by molar-refractivity contribution is 0.866. The Labute approximate surface area is 95.2 Å². The van der Waals surface area contributed by atoms with Gasteiger partial charge < -0.3 is 11.6 Å². The van der Waals surface area contributed by atoms with Crippen molar-refractivity contribution in [2.45, 2.75) is 19.8 Å². The maximum atomic E-state index is 5.30. The van der Waals surface area contributed by atoms with E-state index in [0.29, 0.717) is 5.92 Å². The van der Waals surface area contributed by atoms with Crippen LogP contribution < -0.4 is 17.0 Å². The first-order chi connectivity index (χ1) is 7.63. The maximum absolute atomic E-state index is 5.30. The highest BCUT2D eigenvalue weighted by Gasteiger charge is 1.97. The molecule has 5 N–H and O–H groups in total. The summed E-state index contributed by atoms with van der Waals surface area (Å²) >= 11 is 0. The molecule has 0 aliphatic heterocycles. The molecule has 1 aromatic rings. The number of hydrazone groups is 2. The lowest BCUT2D eigenvalue weighted by Gasteiger charge is -2.04. The minimum absolute atomic E-state index is 0.0788. The number of hydrogen-bond donors (Lipinski definition) is 3. The van der Waals surface area contributed by atoms with Crippen molar-refractivity contribution in [1.82, 2.24) is 5.43 Å². The molecule has 0 fully saturated rings. The van der Waals surface area contributed by atoms with Gasteiger partial charge in [-0.1, -0.05) is 38.1 Å². The van der Waals surface area contributed by atoms with Crippen LogP contribution in [0.5, 0.6) is 0 Å². The highest BCUT2D eigenvalue weighted by atomic mass is 15.4. The van der Waals surface area contributed by atoms with E-state index in [-0.39, 0.29) is 5.96 Å². The Hall–Kier alpha value is -2.04. The largest absolute Gasteiger partial charge is 0.367 e. The Kier molecular flexibility index (Phi) is 4.32. The lowest BCUT2D eigenvalue weighted by atomic mass is 10.0. The first-order valence-corrected chi connectivity index (χ1v) is 5.06. The minimum Gasteiger partial charge on any atom is -0.367 e. The number of guanidine groups is 1. The van der Waals surface area contributed by atoms with Gasteiger partial charge in [0, 0.05) is 0 Å². The standard InChI is InChI=1S/C11H17N5/c1-8(2)10-5-3-9(4-6-10)7-14-16-11(12)15-13/h3-8H,13H2,1-2H3,(H3,12,15,16)/b14-7+. The summed E-state index contributed by atoms with van der Waals surface area (Å²) in [5.74, 6) is 5.54. The molecule has 5 nitrogen and oxygen atoms in total. The third kappa shape index (κ3) is 3.61. The van der Waals surface area contributed by atoms with E-state index in [0.717, 1.165) is 5.56 Å². The second-order valence-corrected chi connectivity index (χ2v) is 3.71. The first-order valence-electron chi connectivity index (χ1n) is 5.06. The van der Waals surface area contributed by atoms with Crippen LogP contribution >= 0.6 is 0 Å². The predicted octanol–water partition coefficient (Wildman–Crippen LogP) is 0.922. The molecule has 0 aliphatic rings. The fourth-order valence-corrected chi connectivity index (χ4v) is 1.17. The van der Waals surface area contributed by atoms with E-state index in [1.807, 2.05) is 12.1 Å². The van der Waals surface area contributed by atoms with Crippen LogP contribution in [0.4, 0.5) is 0 Å². The van der Waals surface area contributed by atoms with Gasteiger partial charge in [0.05, 0.1) is 6.21 Å². The summed E-state index contributed by atoms with van der Waals surface area (Å²) in [6.45, 7) is 4.31. The van der Waals surface area contributed by atoms with E-state index in [2.05, 4.69) is 41.6 Å². The molecule has 0 spiro atoms. The Morgan fingerprint density at radius 2 is 1.94 bits per heavy atom. The van der Waals surface area contributed by atoms with Crippen molar-refractivity contribution < 1.29 is 0 Å². The van der Waals surface area contributed by atoms with Crippen LogP contribution in [0.2, 0.25) is 0 Å². The number of benzene rings is 1. The molecule has 0 atom stereocenters. The summed E-state index contributed by atoms with van der Waals surface area (Å²) in [6, 6.07) is 8.14. The molecule has 86 valence electrons. The Morgan fingerprint density at radius 3 is 2.44 bits per heavy atom. The fourth-order valence-electron chi connectivity index (χ4n) is 1.17. The summed E-state index contributed by atoms with van der Waals surface area (Å²) < 4.78 is 0. The highest BCUT2D eigenvalue weighted by molar-refractivity contribution is 5.82. The zero-order valence-electron chi connectivity index (χ0n) is 9.51. The molecule has 0 amide bonds. The van der Waals surface area contributed by atoms with E-state index >= 15 is 0 Å². The molecular weight excluding hydrogens is 202 g/mol. The molecule has 5 heteroatoms. The molecule has 0 heterocycles. The van der Waals surface area contributed by atoms with Crippen molar-refractivity contribution in [3.05, 3.63) is 35.4 Å². The van der Waals surface area contributed by atoms with Crippen molar-refractivity contribution in [2.24, 2.45) is 21.8 Å². The summed E-state index contributed by atoms with van der Waals surface area (Å²) in [7, 11) is 0. The maximum Gasteiger partial charge on any atom is 0.231 e. The van der Waals surface area contributed by atoms with Crippen LogP contribution in [0.3, 0.4) is 0 Å². The molecule has 0 saturated carbocycles. The van der Waals surface area contributed by atoms with Gasteiger partial charge in [0.15, 0.2) is 0 Å². The van der Waals surface area contributed by atoms with Crippen LogP contribution in [0.15, 0.2) is 34.5 Å². The Bertz CT molecular complexity index is 378. The average Bonchev–Trinajstić information content (AvgIpc) is 2.29. The van der Waals surface area contributed by atoms with E-state index in [9.17, 15) is 0 Å². The van der Waals surface area contributed by atoms with Gasteiger partial charge >= 0.3 is 0 Å². The van der Waals surface area contributed by atoms with Crippen LogP contribution in [0, 0.1) is 0 Å². The van der Waals surface area contributed by atoms with Crippen molar-refractivity contribution in [2.75, 3.05) is 0 Å². The van der Waals surface area contributed by atoms with Crippen LogP contribution in [0.25, 0.3) is 0 Å². The molecule has 0 unspecified atom stereocenters. The van der Waals surface area contributed by atoms with Gasteiger partial charge in [-0.15, -0.1) is 5.10 Å². The summed E-state index contributed by atoms with van der Waals surface area (Å²) in [5.41, 5.74) is 10.1. The third-order valence-corrected chi connectivity index (χ3v) is 2.13. The average molecular weight is 219 g/mol. The predicted molar refractivity (Wildman–Crippen MR) is 67.1 cm³/mol. The molecule has 0 radical (unpaired) electrons. The van der Waals surface area contributed by atoms with Gasteiger partial charge in [0.25, 0.3) is 0 Å². The monoisotopic (exact) mass is 219 g/mol.